The molecule has 3 N–H and O–H groups in total. The van der Waals surface area contributed by atoms with E-state index in [4.69, 9.17) is 11.6 Å². The molecule has 26 heavy (non-hydrogen) atoms. The van der Waals surface area contributed by atoms with Crippen molar-refractivity contribution in [1.82, 2.24) is 0 Å². The number of carbonyl (C=O) groups is 1. The summed E-state index contributed by atoms with van der Waals surface area (Å²) in [5.41, 5.74) is 1.81. The van der Waals surface area contributed by atoms with E-state index in [1.165, 1.54) is 28.7 Å². The van der Waals surface area contributed by atoms with Crippen LogP contribution < -0.4 is 15.1 Å². The molecule has 0 bridgehead atoms. The van der Waals surface area contributed by atoms with Crippen LogP contribution in [0.25, 0.3) is 0 Å². The second kappa shape index (κ2) is 8.62. The Morgan fingerprint density at radius 1 is 1.15 bits per heavy atom. The molecule has 1 amide bonds. The molecule has 0 saturated carbocycles. The van der Waals surface area contributed by atoms with E-state index in [1.807, 2.05) is 13.0 Å². The molecule has 2 aromatic carbocycles. The van der Waals surface area contributed by atoms with Gasteiger partial charge in [-0.2, -0.15) is 0 Å². The molecule has 1 atom stereocenters. The highest BCUT2D eigenvalue weighted by atomic mass is 35.5. The first-order valence-corrected chi connectivity index (χ1v) is 9.38. The topological polar surface area (TPSA) is 38.0 Å². The highest BCUT2D eigenvalue weighted by molar-refractivity contribution is 6.33. The normalized spacial score (nSPS) is 21.2. The molecule has 0 aliphatic carbocycles. The van der Waals surface area contributed by atoms with Gasteiger partial charge in [-0.1, -0.05) is 41.9 Å². The second-order valence-electron chi connectivity index (χ2n) is 6.91. The lowest BCUT2D eigenvalue weighted by atomic mass is 10.1. The SMILES string of the molecule is C[C@H](C(=O)Nc1ccc(F)cc1Cl)[NH+]1CC[NH+](Cc2ccccc2)CC1. The number of nitrogens with one attached hydrogen (secondary N) is 3. The molecule has 0 radical (unpaired) electrons. The third kappa shape index (κ3) is 4.81. The van der Waals surface area contributed by atoms with Gasteiger partial charge in [0.05, 0.1) is 10.7 Å². The fraction of sp³-hybridized carbons (Fsp3) is 0.350. The van der Waals surface area contributed by atoms with E-state index in [0.29, 0.717) is 5.69 Å². The second-order valence-corrected chi connectivity index (χ2v) is 7.31. The molecule has 1 aliphatic rings. The molecule has 2 aromatic rings. The maximum absolute atomic E-state index is 13.1. The van der Waals surface area contributed by atoms with Crippen LogP contribution >= 0.6 is 11.6 Å². The van der Waals surface area contributed by atoms with E-state index in [-0.39, 0.29) is 17.0 Å². The largest absolute Gasteiger partial charge is 0.322 e. The Morgan fingerprint density at radius 3 is 2.50 bits per heavy atom. The zero-order valence-electron chi connectivity index (χ0n) is 14.9. The lowest BCUT2D eigenvalue weighted by Crippen LogP contribution is -3.29. The monoisotopic (exact) mass is 377 g/mol. The summed E-state index contributed by atoms with van der Waals surface area (Å²) in [5.74, 6) is -0.496. The van der Waals surface area contributed by atoms with Crippen LogP contribution in [0, 0.1) is 5.82 Å². The number of amides is 1. The van der Waals surface area contributed by atoms with Crippen molar-refractivity contribution in [3.63, 3.8) is 0 Å². The van der Waals surface area contributed by atoms with Crippen LogP contribution in [-0.2, 0) is 11.3 Å². The minimum Gasteiger partial charge on any atom is -0.322 e. The van der Waals surface area contributed by atoms with Gasteiger partial charge in [0.25, 0.3) is 5.91 Å². The number of hydrogen-bond donors (Lipinski definition) is 3. The smallest absolute Gasteiger partial charge is 0.282 e. The maximum atomic E-state index is 13.1. The van der Waals surface area contributed by atoms with Crippen LogP contribution in [0.2, 0.25) is 5.02 Å². The zero-order valence-corrected chi connectivity index (χ0v) is 15.7. The molecule has 4 nitrogen and oxygen atoms in total. The first kappa shape index (κ1) is 18.8. The van der Waals surface area contributed by atoms with Gasteiger partial charge in [-0.05, 0) is 25.1 Å². The number of piperazine rings is 1. The van der Waals surface area contributed by atoms with E-state index < -0.39 is 5.82 Å². The zero-order chi connectivity index (χ0) is 18.5. The first-order chi connectivity index (χ1) is 12.5. The molecule has 1 aliphatic heterocycles. The van der Waals surface area contributed by atoms with Gasteiger partial charge in [0, 0.05) is 5.56 Å². The number of halogens is 2. The average Bonchev–Trinajstić information content (AvgIpc) is 2.65. The van der Waals surface area contributed by atoms with Crippen molar-refractivity contribution in [2.45, 2.75) is 19.5 Å². The summed E-state index contributed by atoms with van der Waals surface area (Å²) in [6.45, 7) is 6.95. The van der Waals surface area contributed by atoms with Gasteiger partial charge < -0.3 is 15.1 Å². The molecule has 0 unspecified atom stereocenters. The lowest BCUT2D eigenvalue weighted by molar-refractivity contribution is -1.02. The minimum atomic E-state index is -0.413. The number of hydrogen-bond acceptors (Lipinski definition) is 1. The Hall–Kier alpha value is -1.95. The Labute approximate surface area is 158 Å². The third-order valence-corrected chi connectivity index (χ3v) is 5.40. The summed E-state index contributed by atoms with van der Waals surface area (Å²) in [5, 5.41) is 3.04. The van der Waals surface area contributed by atoms with Gasteiger partial charge in [-0.15, -0.1) is 0 Å². The van der Waals surface area contributed by atoms with E-state index in [2.05, 4.69) is 29.6 Å². The summed E-state index contributed by atoms with van der Waals surface area (Å²) < 4.78 is 13.1. The van der Waals surface area contributed by atoms with Crippen LogP contribution in [-0.4, -0.2) is 38.1 Å². The fourth-order valence-electron chi connectivity index (χ4n) is 3.44. The quantitative estimate of drug-likeness (QED) is 0.708. The molecule has 0 spiro atoms. The van der Waals surface area contributed by atoms with Crippen LogP contribution in [0.4, 0.5) is 10.1 Å². The van der Waals surface area contributed by atoms with Crippen LogP contribution in [0.15, 0.2) is 48.5 Å². The molecule has 138 valence electrons. The molecular formula is C20H25ClFN3O+2. The van der Waals surface area contributed by atoms with Gasteiger partial charge in [-0.3, -0.25) is 4.79 Å². The lowest BCUT2D eigenvalue weighted by Gasteiger charge is -2.32. The molecule has 0 aromatic heterocycles. The van der Waals surface area contributed by atoms with Gasteiger partial charge >= 0.3 is 0 Å². The number of anilines is 1. The van der Waals surface area contributed by atoms with Gasteiger partial charge in [-0.25, -0.2) is 4.39 Å². The molecule has 1 saturated heterocycles. The molecule has 3 rings (SSSR count). The summed E-state index contributed by atoms with van der Waals surface area (Å²) in [6, 6.07) is 14.3. The molecule has 6 heteroatoms. The van der Waals surface area contributed by atoms with Crippen molar-refractivity contribution in [2.24, 2.45) is 0 Å². The van der Waals surface area contributed by atoms with Crippen LogP contribution in [0.1, 0.15) is 12.5 Å². The number of rotatable bonds is 5. The number of benzene rings is 2. The Morgan fingerprint density at radius 2 is 1.85 bits per heavy atom. The van der Waals surface area contributed by atoms with Crippen molar-refractivity contribution in [3.05, 3.63) is 64.9 Å². The summed E-state index contributed by atoms with van der Waals surface area (Å²) in [7, 11) is 0. The minimum absolute atomic E-state index is 0.0833. The van der Waals surface area contributed by atoms with Gasteiger partial charge in [0.1, 0.15) is 38.5 Å². The highest BCUT2D eigenvalue weighted by Crippen LogP contribution is 2.22. The number of carbonyl (C=O) groups excluding carboxylic acids is 1. The molecule has 1 heterocycles. The van der Waals surface area contributed by atoms with Crippen molar-refractivity contribution < 1.29 is 19.0 Å². The third-order valence-electron chi connectivity index (χ3n) is 5.09. The Balaban J connectivity index is 1.51. The maximum Gasteiger partial charge on any atom is 0.282 e. The predicted molar refractivity (Wildman–Crippen MR) is 101 cm³/mol. The van der Waals surface area contributed by atoms with Gasteiger partial charge in [0.2, 0.25) is 0 Å². The van der Waals surface area contributed by atoms with Crippen molar-refractivity contribution >= 4 is 23.2 Å². The summed E-state index contributed by atoms with van der Waals surface area (Å²) in [6.07, 6.45) is 0. The van der Waals surface area contributed by atoms with Crippen molar-refractivity contribution in [3.8, 4) is 0 Å². The standard InChI is InChI=1S/C20H23ClFN3O/c1-15(20(26)23-19-8-7-17(22)13-18(19)21)25-11-9-24(10-12-25)14-16-5-3-2-4-6-16/h2-8,13,15H,9-12,14H2,1H3,(H,23,26)/p+2/t15-/m1/s1. The highest BCUT2D eigenvalue weighted by Gasteiger charge is 2.31. The van der Waals surface area contributed by atoms with E-state index in [9.17, 15) is 9.18 Å². The van der Waals surface area contributed by atoms with E-state index in [1.54, 1.807) is 4.90 Å². The van der Waals surface area contributed by atoms with Crippen molar-refractivity contribution in [2.75, 3.05) is 31.5 Å². The molecule has 1 fully saturated rings. The average molecular weight is 378 g/mol. The van der Waals surface area contributed by atoms with Crippen LogP contribution in [0.5, 0.6) is 0 Å². The van der Waals surface area contributed by atoms with Gasteiger partial charge in [0.15, 0.2) is 6.04 Å². The Bertz CT molecular complexity index is 748. The Kier molecular flexibility index (Phi) is 6.25. The first-order valence-electron chi connectivity index (χ1n) is 9.01. The summed E-state index contributed by atoms with van der Waals surface area (Å²) >= 11 is 6.00. The van der Waals surface area contributed by atoms with E-state index >= 15 is 0 Å². The fourth-order valence-corrected chi connectivity index (χ4v) is 3.65. The number of quaternary nitrogens is 2. The van der Waals surface area contributed by atoms with E-state index in [0.717, 1.165) is 32.7 Å². The predicted octanol–water partition coefficient (Wildman–Crippen LogP) is 0.790. The van der Waals surface area contributed by atoms with Crippen molar-refractivity contribution in [1.29, 1.82) is 0 Å². The van der Waals surface area contributed by atoms with Crippen LogP contribution in [0.3, 0.4) is 0 Å². The molecular weight excluding hydrogens is 353 g/mol. The summed E-state index contributed by atoms with van der Waals surface area (Å²) in [4.78, 5) is 15.4.